The Morgan fingerprint density at radius 3 is 2.61 bits per heavy atom. The topological polar surface area (TPSA) is 91.0 Å². The molecule has 1 amide bonds. The van der Waals surface area contributed by atoms with E-state index in [9.17, 15) is 9.90 Å². The Bertz CT molecular complexity index is 1320. The van der Waals surface area contributed by atoms with Gasteiger partial charge in [-0.1, -0.05) is 18.2 Å². The third-order valence-electron chi connectivity index (χ3n) is 5.47. The average Bonchev–Trinajstić information content (AvgIpc) is 3.26. The van der Waals surface area contributed by atoms with E-state index in [0.29, 0.717) is 33.5 Å². The normalized spacial score (nSPS) is 11.2. The van der Waals surface area contributed by atoms with Crippen LogP contribution in [-0.2, 0) is 0 Å². The number of nitrogens with one attached hydrogen (secondary N) is 1. The number of hydrogen-bond acceptors (Lipinski definition) is 6. The number of anilines is 1. The molecule has 0 saturated carbocycles. The van der Waals surface area contributed by atoms with E-state index in [1.54, 1.807) is 18.2 Å². The molecule has 0 atom stereocenters. The monoisotopic (exact) mass is 442 g/mol. The summed E-state index contributed by atoms with van der Waals surface area (Å²) in [6.45, 7) is 7.67. The van der Waals surface area contributed by atoms with Gasteiger partial charge in [-0.05, 0) is 57.2 Å². The number of benzene rings is 2. The van der Waals surface area contributed by atoms with Gasteiger partial charge in [0.15, 0.2) is 5.76 Å². The molecule has 2 heterocycles. The van der Waals surface area contributed by atoms with Crippen molar-refractivity contribution in [3.63, 3.8) is 0 Å². The number of aromatic nitrogens is 1. The van der Waals surface area contributed by atoms with Gasteiger partial charge >= 0.3 is 0 Å². The molecule has 2 N–H and O–H groups in total. The second kappa shape index (κ2) is 9.56. The molecule has 2 aromatic carbocycles. The summed E-state index contributed by atoms with van der Waals surface area (Å²) in [5.41, 5.74) is 5.69. The third-order valence-corrected chi connectivity index (χ3v) is 5.47. The highest BCUT2D eigenvalue weighted by molar-refractivity contribution is 6.07. The molecule has 4 rings (SSSR count). The molecule has 0 bridgehead atoms. The van der Waals surface area contributed by atoms with Crippen LogP contribution >= 0.6 is 0 Å². The van der Waals surface area contributed by atoms with Gasteiger partial charge in [-0.15, -0.1) is 0 Å². The molecule has 0 aliphatic rings. The van der Waals surface area contributed by atoms with Gasteiger partial charge in [-0.2, -0.15) is 5.10 Å². The number of phenolic OH excluding ortho intramolecular Hbond substituents is 1. The molecule has 7 nitrogen and oxygen atoms in total. The van der Waals surface area contributed by atoms with Crippen LogP contribution in [-0.4, -0.2) is 35.3 Å². The van der Waals surface area contributed by atoms with Crippen molar-refractivity contribution >= 4 is 28.7 Å². The van der Waals surface area contributed by atoms with Crippen LogP contribution in [0.1, 0.15) is 35.5 Å². The fourth-order valence-corrected chi connectivity index (χ4v) is 3.71. The lowest BCUT2D eigenvalue weighted by atomic mass is 10.1. The lowest BCUT2D eigenvalue weighted by Crippen LogP contribution is -2.21. The van der Waals surface area contributed by atoms with Crippen LogP contribution in [0.2, 0.25) is 0 Å². The molecule has 168 valence electrons. The Morgan fingerprint density at radius 2 is 1.91 bits per heavy atom. The SMILES string of the molecule is CCN(CC)c1ccc(C=NNC(=O)c2cc(-c3ccc(C)o3)nc3ccccc23)c(O)c1. The van der Waals surface area contributed by atoms with Gasteiger partial charge in [0.25, 0.3) is 5.91 Å². The minimum atomic E-state index is -0.381. The van der Waals surface area contributed by atoms with Crippen LogP contribution in [0.3, 0.4) is 0 Å². The van der Waals surface area contributed by atoms with Crippen molar-refractivity contribution in [2.75, 3.05) is 18.0 Å². The van der Waals surface area contributed by atoms with Crippen molar-refractivity contribution in [3.8, 4) is 17.2 Å². The summed E-state index contributed by atoms with van der Waals surface area (Å²) in [6, 6.07) is 18.2. The maximum atomic E-state index is 13.0. The van der Waals surface area contributed by atoms with E-state index >= 15 is 0 Å². The van der Waals surface area contributed by atoms with Crippen LogP contribution in [0.25, 0.3) is 22.4 Å². The van der Waals surface area contributed by atoms with E-state index in [1.165, 1.54) is 6.21 Å². The summed E-state index contributed by atoms with van der Waals surface area (Å²) in [5.74, 6) is 1.08. The summed E-state index contributed by atoms with van der Waals surface area (Å²) in [7, 11) is 0. The summed E-state index contributed by atoms with van der Waals surface area (Å²) in [4.78, 5) is 19.8. The minimum absolute atomic E-state index is 0.0993. The maximum Gasteiger partial charge on any atom is 0.272 e. The Balaban J connectivity index is 1.59. The molecule has 2 aromatic heterocycles. The van der Waals surface area contributed by atoms with E-state index in [4.69, 9.17) is 4.42 Å². The van der Waals surface area contributed by atoms with Crippen molar-refractivity contribution in [2.45, 2.75) is 20.8 Å². The van der Waals surface area contributed by atoms with Crippen molar-refractivity contribution < 1.29 is 14.3 Å². The van der Waals surface area contributed by atoms with Crippen LogP contribution < -0.4 is 10.3 Å². The van der Waals surface area contributed by atoms with Crippen molar-refractivity contribution in [3.05, 3.63) is 77.6 Å². The second-order valence-corrected chi connectivity index (χ2v) is 7.60. The third kappa shape index (κ3) is 4.72. The molecule has 0 saturated heterocycles. The van der Waals surface area contributed by atoms with Gasteiger partial charge in [-0.3, -0.25) is 4.79 Å². The van der Waals surface area contributed by atoms with Crippen LogP contribution in [0, 0.1) is 6.92 Å². The Morgan fingerprint density at radius 1 is 1.12 bits per heavy atom. The fraction of sp³-hybridized carbons (Fsp3) is 0.192. The Hall–Kier alpha value is -4.13. The standard InChI is InChI=1S/C26H26N4O3/c1-4-30(5-2)19-12-11-18(24(31)14-19)16-27-29-26(32)21-15-23(25-13-10-17(3)33-25)28-22-9-7-6-8-20(21)22/h6-16,31H,4-5H2,1-3H3,(H,29,32). The quantitative estimate of drug-likeness (QED) is 0.306. The maximum absolute atomic E-state index is 13.0. The molecule has 0 aliphatic carbocycles. The minimum Gasteiger partial charge on any atom is -0.507 e. The molecule has 0 fully saturated rings. The van der Waals surface area contributed by atoms with Crippen molar-refractivity contribution in [2.24, 2.45) is 5.10 Å². The van der Waals surface area contributed by atoms with Gasteiger partial charge in [0, 0.05) is 35.8 Å². The zero-order chi connectivity index (χ0) is 23.4. The number of pyridine rings is 1. The number of amides is 1. The first-order valence-corrected chi connectivity index (χ1v) is 10.9. The second-order valence-electron chi connectivity index (χ2n) is 7.60. The van der Waals surface area contributed by atoms with Crippen LogP contribution in [0.5, 0.6) is 5.75 Å². The van der Waals surface area contributed by atoms with Crippen LogP contribution in [0.15, 0.2) is 70.2 Å². The number of phenols is 1. The predicted octanol–water partition coefficient (Wildman–Crippen LogP) is 5.12. The number of aryl methyl sites for hydroxylation is 1. The van der Waals surface area contributed by atoms with E-state index in [1.807, 2.05) is 49.4 Å². The lowest BCUT2D eigenvalue weighted by molar-refractivity contribution is 0.0956. The van der Waals surface area contributed by atoms with E-state index in [0.717, 1.165) is 24.5 Å². The summed E-state index contributed by atoms with van der Waals surface area (Å²) >= 11 is 0. The van der Waals surface area contributed by atoms with Gasteiger partial charge in [0.1, 0.15) is 17.2 Å². The van der Waals surface area contributed by atoms with Gasteiger partial charge in [-0.25, -0.2) is 10.4 Å². The Kier molecular flexibility index (Phi) is 6.40. The molecule has 0 spiro atoms. The molecule has 4 aromatic rings. The summed E-state index contributed by atoms with van der Waals surface area (Å²) < 4.78 is 5.69. The smallest absolute Gasteiger partial charge is 0.272 e. The zero-order valence-corrected chi connectivity index (χ0v) is 18.9. The number of fused-ring (bicyclic) bond motifs is 1. The molecular weight excluding hydrogens is 416 g/mol. The first-order chi connectivity index (χ1) is 16.0. The number of rotatable bonds is 7. The average molecular weight is 443 g/mol. The number of carbonyl (C=O) groups is 1. The van der Waals surface area contributed by atoms with Crippen LogP contribution in [0.4, 0.5) is 5.69 Å². The highest BCUT2D eigenvalue weighted by Gasteiger charge is 2.15. The highest BCUT2D eigenvalue weighted by atomic mass is 16.3. The molecular formula is C26H26N4O3. The zero-order valence-electron chi connectivity index (χ0n) is 18.9. The molecule has 7 heteroatoms. The number of furan rings is 1. The first-order valence-electron chi connectivity index (χ1n) is 10.9. The summed E-state index contributed by atoms with van der Waals surface area (Å²) in [5, 5.41) is 15.1. The number of hydrazone groups is 1. The Labute approximate surface area is 192 Å². The number of hydrogen-bond donors (Lipinski definition) is 2. The molecule has 0 unspecified atom stereocenters. The molecule has 33 heavy (non-hydrogen) atoms. The van der Waals surface area contributed by atoms with Gasteiger partial charge in [0.2, 0.25) is 0 Å². The number of aromatic hydroxyl groups is 1. The van der Waals surface area contributed by atoms with Crippen molar-refractivity contribution in [1.29, 1.82) is 0 Å². The first kappa shape index (κ1) is 22.1. The van der Waals surface area contributed by atoms with Gasteiger partial charge < -0.3 is 14.4 Å². The number of carbonyl (C=O) groups excluding carboxylic acids is 1. The summed E-state index contributed by atoms with van der Waals surface area (Å²) in [6.07, 6.45) is 1.43. The van der Waals surface area contributed by atoms with E-state index in [2.05, 4.69) is 34.3 Å². The van der Waals surface area contributed by atoms with Gasteiger partial charge in [0.05, 0.1) is 17.3 Å². The predicted molar refractivity (Wildman–Crippen MR) is 131 cm³/mol. The van der Waals surface area contributed by atoms with E-state index < -0.39 is 0 Å². The number of nitrogens with zero attached hydrogens (tertiary/aromatic N) is 3. The van der Waals surface area contributed by atoms with Crippen molar-refractivity contribution in [1.82, 2.24) is 10.4 Å². The highest BCUT2D eigenvalue weighted by Crippen LogP contribution is 2.26. The largest absolute Gasteiger partial charge is 0.507 e. The molecule has 0 radical (unpaired) electrons. The fourth-order valence-electron chi connectivity index (χ4n) is 3.71. The van der Waals surface area contributed by atoms with E-state index in [-0.39, 0.29) is 11.7 Å². The molecule has 0 aliphatic heterocycles. The lowest BCUT2D eigenvalue weighted by Gasteiger charge is -2.21. The number of para-hydroxylation sites is 1.